The molecule has 0 bridgehead atoms. The molecule has 4 rings (SSSR count). The molecule has 2 aromatic carbocycles. The maximum Gasteiger partial charge on any atom is 0.200 e. The van der Waals surface area contributed by atoms with Gasteiger partial charge in [0.2, 0.25) is 5.78 Å². The summed E-state index contributed by atoms with van der Waals surface area (Å²) in [6.07, 6.45) is 2.02. The molecule has 2 nitrogen and oxygen atoms in total. The molecular formula is C21H16BrNOS. The number of fused-ring (bicyclic) bond motifs is 1. The summed E-state index contributed by atoms with van der Waals surface area (Å²) in [5.41, 5.74) is 5.30. The van der Waals surface area contributed by atoms with E-state index in [1.54, 1.807) is 11.8 Å². The summed E-state index contributed by atoms with van der Waals surface area (Å²) in [6.45, 7) is 4.19. The molecule has 0 N–H and O–H groups in total. The predicted molar refractivity (Wildman–Crippen MR) is 108 cm³/mol. The molecule has 25 heavy (non-hydrogen) atoms. The molecule has 3 aromatic rings. The zero-order valence-electron chi connectivity index (χ0n) is 13.9. The average molecular weight is 410 g/mol. The van der Waals surface area contributed by atoms with E-state index in [2.05, 4.69) is 52.5 Å². The number of benzene rings is 2. The predicted octanol–water partition coefficient (Wildman–Crippen LogP) is 6.19. The van der Waals surface area contributed by atoms with Gasteiger partial charge in [-0.05, 0) is 68.0 Å². The lowest BCUT2D eigenvalue weighted by Crippen LogP contribution is -1.99. The number of nitrogens with zero attached hydrogens (tertiary/aromatic N) is 1. The van der Waals surface area contributed by atoms with Gasteiger partial charge in [0.15, 0.2) is 0 Å². The van der Waals surface area contributed by atoms with Gasteiger partial charge in [0.1, 0.15) is 0 Å². The number of aryl methyl sites for hydroxylation is 1. The fourth-order valence-electron chi connectivity index (χ4n) is 3.20. The van der Waals surface area contributed by atoms with E-state index in [-0.39, 0.29) is 5.78 Å². The molecule has 0 atom stereocenters. The lowest BCUT2D eigenvalue weighted by atomic mass is 10.1. The van der Waals surface area contributed by atoms with Crippen molar-refractivity contribution in [1.29, 1.82) is 0 Å². The van der Waals surface area contributed by atoms with Gasteiger partial charge in [-0.2, -0.15) is 0 Å². The minimum atomic E-state index is 0.119. The smallest absolute Gasteiger partial charge is 0.200 e. The van der Waals surface area contributed by atoms with Crippen molar-refractivity contribution in [3.63, 3.8) is 0 Å². The van der Waals surface area contributed by atoms with E-state index in [0.717, 1.165) is 42.5 Å². The Kier molecular flexibility index (Phi) is 4.18. The van der Waals surface area contributed by atoms with Crippen molar-refractivity contribution < 1.29 is 4.79 Å². The first kappa shape index (κ1) is 16.4. The van der Waals surface area contributed by atoms with Crippen molar-refractivity contribution in [3.05, 3.63) is 86.5 Å². The number of hydrogen-bond acceptors (Lipinski definition) is 2. The molecule has 2 heterocycles. The van der Waals surface area contributed by atoms with Crippen LogP contribution in [0.2, 0.25) is 0 Å². The van der Waals surface area contributed by atoms with Crippen molar-refractivity contribution in [2.24, 2.45) is 0 Å². The normalized spacial score (nSPS) is 15.0. The molecule has 1 aliphatic rings. The lowest BCUT2D eigenvalue weighted by molar-refractivity contribution is 0.104. The zero-order chi connectivity index (χ0) is 17.6. The van der Waals surface area contributed by atoms with Gasteiger partial charge in [0.25, 0.3) is 0 Å². The van der Waals surface area contributed by atoms with Crippen LogP contribution in [-0.4, -0.2) is 10.4 Å². The van der Waals surface area contributed by atoms with Gasteiger partial charge in [0.05, 0.1) is 4.91 Å². The summed E-state index contributed by atoms with van der Waals surface area (Å²) < 4.78 is 3.28. The third-order valence-corrected chi connectivity index (χ3v) is 6.04. The monoisotopic (exact) mass is 409 g/mol. The Bertz CT molecular complexity index is 1010. The topological polar surface area (TPSA) is 22.0 Å². The molecule has 1 aromatic heterocycles. The minimum absolute atomic E-state index is 0.119. The highest BCUT2D eigenvalue weighted by Gasteiger charge is 2.25. The summed E-state index contributed by atoms with van der Waals surface area (Å²) in [5, 5.41) is 0. The van der Waals surface area contributed by atoms with Crippen LogP contribution in [0.15, 0.2) is 68.9 Å². The van der Waals surface area contributed by atoms with Gasteiger partial charge in [-0.15, -0.1) is 0 Å². The Morgan fingerprint density at radius 2 is 1.76 bits per heavy atom. The largest absolute Gasteiger partial charge is 0.318 e. The number of hydrogen-bond donors (Lipinski definition) is 0. The third-order valence-electron chi connectivity index (χ3n) is 4.42. The van der Waals surface area contributed by atoms with E-state index in [0.29, 0.717) is 0 Å². The van der Waals surface area contributed by atoms with Crippen LogP contribution in [-0.2, 0) is 0 Å². The Hall–Kier alpha value is -2.04. The molecule has 0 unspecified atom stereocenters. The molecular weight excluding hydrogens is 394 g/mol. The minimum Gasteiger partial charge on any atom is -0.318 e. The Morgan fingerprint density at radius 1 is 1.04 bits per heavy atom. The molecule has 124 valence electrons. The second-order valence-electron chi connectivity index (χ2n) is 6.07. The van der Waals surface area contributed by atoms with Gasteiger partial charge in [0, 0.05) is 32.0 Å². The molecule has 0 fully saturated rings. The first-order chi connectivity index (χ1) is 12.0. The van der Waals surface area contributed by atoms with Gasteiger partial charge in [-0.1, -0.05) is 39.8 Å². The highest BCUT2D eigenvalue weighted by Crippen LogP contribution is 2.41. The van der Waals surface area contributed by atoms with Crippen molar-refractivity contribution in [2.75, 3.05) is 0 Å². The molecule has 1 aliphatic heterocycles. The summed E-state index contributed by atoms with van der Waals surface area (Å²) in [6, 6.07) is 18.2. The van der Waals surface area contributed by atoms with Crippen LogP contribution >= 0.6 is 27.7 Å². The van der Waals surface area contributed by atoms with E-state index in [9.17, 15) is 4.79 Å². The second-order valence-corrected chi connectivity index (χ2v) is 8.07. The summed E-state index contributed by atoms with van der Waals surface area (Å²) in [7, 11) is 0. The van der Waals surface area contributed by atoms with Gasteiger partial charge in [-0.25, -0.2) is 0 Å². The quantitative estimate of drug-likeness (QED) is 0.470. The Labute approximate surface area is 159 Å². The van der Waals surface area contributed by atoms with Crippen molar-refractivity contribution in [2.45, 2.75) is 18.7 Å². The Morgan fingerprint density at radius 3 is 2.48 bits per heavy atom. The van der Waals surface area contributed by atoms with E-state index >= 15 is 0 Å². The second kappa shape index (κ2) is 6.36. The van der Waals surface area contributed by atoms with E-state index < -0.39 is 0 Å². The summed E-state index contributed by atoms with van der Waals surface area (Å²) in [5.74, 6) is 0.119. The van der Waals surface area contributed by atoms with Crippen LogP contribution in [0, 0.1) is 13.8 Å². The van der Waals surface area contributed by atoms with Crippen molar-refractivity contribution in [3.8, 4) is 5.69 Å². The van der Waals surface area contributed by atoms with Crippen LogP contribution in [0.4, 0.5) is 0 Å². The summed E-state index contributed by atoms with van der Waals surface area (Å²) >= 11 is 5.04. The van der Waals surface area contributed by atoms with Gasteiger partial charge >= 0.3 is 0 Å². The highest BCUT2D eigenvalue weighted by atomic mass is 79.9. The molecule has 0 amide bonds. The van der Waals surface area contributed by atoms with Crippen LogP contribution in [0.5, 0.6) is 0 Å². The van der Waals surface area contributed by atoms with Crippen LogP contribution in [0.25, 0.3) is 11.8 Å². The third kappa shape index (κ3) is 2.90. The molecule has 0 spiro atoms. The maximum absolute atomic E-state index is 12.6. The zero-order valence-corrected chi connectivity index (χ0v) is 16.3. The lowest BCUT2D eigenvalue weighted by Gasteiger charge is -2.09. The van der Waals surface area contributed by atoms with Crippen molar-refractivity contribution in [1.82, 2.24) is 4.57 Å². The molecule has 0 radical (unpaired) electrons. The number of ketones is 1. The number of allylic oxidation sites excluding steroid dienone is 1. The molecule has 4 heteroatoms. The van der Waals surface area contributed by atoms with Crippen molar-refractivity contribution >= 4 is 39.6 Å². The summed E-state index contributed by atoms with van der Waals surface area (Å²) in [4.78, 5) is 14.4. The number of carbonyl (C=O) groups excluding carboxylic acids is 1. The van der Waals surface area contributed by atoms with E-state index in [1.165, 1.54) is 0 Å². The highest BCUT2D eigenvalue weighted by molar-refractivity contribution is 9.10. The average Bonchev–Trinajstić information content (AvgIpc) is 3.06. The molecule has 0 saturated heterocycles. The SMILES string of the molecule is Cc1cc(/C=C2/Sc3ccccc3C2=O)c(C)n1-c1ccc(Br)cc1. The number of aromatic nitrogens is 1. The van der Waals surface area contributed by atoms with Crippen LogP contribution in [0.1, 0.15) is 27.3 Å². The van der Waals surface area contributed by atoms with Gasteiger partial charge < -0.3 is 4.57 Å². The van der Waals surface area contributed by atoms with Crippen LogP contribution in [0.3, 0.4) is 0 Å². The number of Topliss-reactive ketones (excluding diaryl/α,β-unsaturated/α-hetero) is 1. The van der Waals surface area contributed by atoms with E-state index in [4.69, 9.17) is 0 Å². The number of rotatable bonds is 2. The first-order valence-corrected chi connectivity index (χ1v) is 9.64. The number of halogens is 1. The standard InChI is InChI=1S/C21H16BrNOS/c1-13-11-15(14(2)23(13)17-9-7-16(22)8-10-17)12-20-21(24)18-5-3-4-6-19(18)25-20/h3-12H,1-2H3/b20-12+. The Balaban J connectivity index is 1.75. The van der Waals surface area contributed by atoms with Gasteiger partial charge in [-0.3, -0.25) is 4.79 Å². The first-order valence-electron chi connectivity index (χ1n) is 8.03. The number of thioether (sulfide) groups is 1. The number of carbonyl (C=O) groups is 1. The maximum atomic E-state index is 12.6. The van der Waals surface area contributed by atoms with Crippen LogP contribution < -0.4 is 0 Å². The fourth-order valence-corrected chi connectivity index (χ4v) is 4.51. The van der Waals surface area contributed by atoms with E-state index in [1.807, 2.05) is 42.5 Å². The molecule has 0 aliphatic carbocycles. The molecule has 0 saturated carbocycles. The fraction of sp³-hybridized carbons (Fsp3) is 0.0952.